The molecule has 0 radical (unpaired) electrons. The molecule has 1 unspecified atom stereocenters. The minimum absolute atomic E-state index is 0.0163. The van der Waals surface area contributed by atoms with Crippen molar-refractivity contribution in [3.8, 4) is 0 Å². The number of aliphatic hydroxyl groups excluding tert-OH is 2. The smallest absolute Gasteiger partial charge is 0.410 e. The van der Waals surface area contributed by atoms with Crippen LogP contribution in [0.4, 0.5) is 4.79 Å². The quantitative estimate of drug-likeness (QED) is 0.542. The van der Waals surface area contributed by atoms with Gasteiger partial charge in [-0.05, 0) is 72.8 Å². The molecule has 1 aliphatic heterocycles. The molecule has 1 atom stereocenters. The summed E-state index contributed by atoms with van der Waals surface area (Å²) in [7, 11) is 3.83. The molecule has 0 spiro atoms. The summed E-state index contributed by atoms with van der Waals surface area (Å²) in [5, 5.41) is 24.7. The lowest BCUT2D eigenvalue weighted by atomic mass is 9.70. The molecule has 9 heteroatoms. The molecule has 1 saturated carbocycles. The third-order valence-electron chi connectivity index (χ3n) is 7.36. The number of rotatable bonds is 9. The van der Waals surface area contributed by atoms with Gasteiger partial charge in [-0.2, -0.15) is 5.10 Å². The molecule has 3 rings (SSSR count). The van der Waals surface area contributed by atoms with Crippen molar-refractivity contribution in [1.82, 2.24) is 19.6 Å². The first-order valence-electron chi connectivity index (χ1n) is 13.1. The van der Waals surface area contributed by atoms with Crippen molar-refractivity contribution in [2.75, 3.05) is 47.0 Å². The summed E-state index contributed by atoms with van der Waals surface area (Å²) in [5.41, 5.74) is 1.42. The second-order valence-electron chi connectivity index (χ2n) is 11.6. The Hall–Kier alpha value is -1.68. The monoisotopic (exact) mass is 494 g/mol. The van der Waals surface area contributed by atoms with Crippen LogP contribution in [0.15, 0.2) is 6.20 Å². The normalized spacial score (nSPS) is 21.3. The summed E-state index contributed by atoms with van der Waals surface area (Å²) in [5.74, 6) is 0.305. The number of amides is 1. The van der Waals surface area contributed by atoms with Gasteiger partial charge in [-0.1, -0.05) is 0 Å². The van der Waals surface area contributed by atoms with E-state index in [1.807, 2.05) is 25.5 Å². The average molecular weight is 495 g/mol. The van der Waals surface area contributed by atoms with Crippen LogP contribution in [0.1, 0.15) is 89.1 Å². The Labute approximate surface area is 210 Å². The fraction of sp³-hybridized carbons (Fsp3) is 0.846. The summed E-state index contributed by atoms with van der Waals surface area (Å²) in [4.78, 5) is 16.1. The van der Waals surface area contributed by atoms with Crippen LogP contribution in [0.2, 0.25) is 0 Å². The van der Waals surface area contributed by atoms with E-state index in [0.29, 0.717) is 19.0 Å². The molecule has 1 aliphatic carbocycles. The van der Waals surface area contributed by atoms with E-state index >= 15 is 0 Å². The van der Waals surface area contributed by atoms with E-state index in [1.165, 1.54) is 5.56 Å². The van der Waals surface area contributed by atoms with Gasteiger partial charge in [0.2, 0.25) is 0 Å². The van der Waals surface area contributed by atoms with E-state index in [2.05, 4.69) is 18.1 Å². The number of aliphatic hydroxyl groups is 2. The maximum atomic E-state index is 12.3. The zero-order valence-electron chi connectivity index (χ0n) is 22.3. The predicted octanol–water partition coefficient (Wildman–Crippen LogP) is 3.51. The van der Waals surface area contributed by atoms with Gasteiger partial charge in [0.15, 0.2) is 0 Å². The highest BCUT2D eigenvalue weighted by molar-refractivity contribution is 5.67. The summed E-state index contributed by atoms with van der Waals surface area (Å²) < 4.78 is 13.5. The molecule has 1 saturated heterocycles. The van der Waals surface area contributed by atoms with Crippen LogP contribution in [0.25, 0.3) is 0 Å². The average Bonchev–Trinajstić information content (AvgIpc) is 3.25. The van der Waals surface area contributed by atoms with Crippen molar-refractivity contribution in [1.29, 1.82) is 0 Å². The number of hydrogen-bond acceptors (Lipinski definition) is 7. The van der Waals surface area contributed by atoms with E-state index in [-0.39, 0.29) is 30.9 Å². The van der Waals surface area contributed by atoms with Gasteiger partial charge in [0.05, 0.1) is 18.9 Å². The summed E-state index contributed by atoms with van der Waals surface area (Å²) >= 11 is 0. The van der Waals surface area contributed by atoms with Gasteiger partial charge in [-0.15, -0.1) is 0 Å². The highest BCUT2D eigenvalue weighted by Crippen LogP contribution is 2.43. The Balaban J connectivity index is 1.67. The van der Waals surface area contributed by atoms with Gasteiger partial charge in [-0.25, -0.2) is 9.48 Å². The second kappa shape index (κ2) is 12.0. The number of ether oxygens (including phenoxy) is 2. The standard InChI is InChI=1S/C26H46N4O5/c1-25(2,3)35-24(33)29(5)14-13-28(4)16-21-17-30(22-8-6-7-15-34-22)27-23(21)20-9-11-26(18-31,19-32)12-10-20/h17,20,22,31-32H,6-16,18-19H2,1-5H3. The molecule has 2 fully saturated rings. The molecule has 2 N–H and O–H groups in total. The van der Waals surface area contributed by atoms with Crippen molar-refractivity contribution in [3.63, 3.8) is 0 Å². The first-order valence-corrected chi connectivity index (χ1v) is 13.1. The molecular formula is C26H46N4O5. The molecule has 0 bridgehead atoms. The molecule has 200 valence electrons. The number of nitrogens with zero attached hydrogens (tertiary/aromatic N) is 4. The van der Waals surface area contributed by atoms with Crippen LogP contribution in [-0.4, -0.2) is 88.5 Å². The van der Waals surface area contributed by atoms with Crippen molar-refractivity contribution >= 4 is 6.09 Å². The molecular weight excluding hydrogens is 448 g/mol. The second-order valence-corrected chi connectivity index (χ2v) is 11.6. The van der Waals surface area contributed by atoms with Gasteiger partial charge in [0.1, 0.15) is 11.8 Å². The Morgan fingerprint density at radius 3 is 2.43 bits per heavy atom. The van der Waals surface area contributed by atoms with Gasteiger partial charge in [-0.3, -0.25) is 0 Å². The molecule has 35 heavy (non-hydrogen) atoms. The van der Waals surface area contributed by atoms with E-state index in [9.17, 15) is 15.0 Å². The van der Waals surface area contributed by atoms with Crippen molar-refractivity contribution in [2.24, 2.45) is 5.41 Å². The minimum Gasteiger partial charge on any atom is -0.444 e. The molecule has 1 aromatic heterocycles. The highest BCUT2D eigenvalue weighted by atomic mass is 16.6. The number of carbonyl (C=O) groups is 1. The largest absolute Gasteiger partial charge is 0.444 e. The van der Waals surface area contributed by atoms with Crippen LogP contribution in [-0.2, 0) is 16.0 Å². The van der Waals surface area contributed by atoms with Gasteiger partial charge in [0, 0.05) is 56.4 Å². The van der Waals surface area contributed by atoms with Gasteiger partial charge < -0.3 is 29.5 Å². The first-order chi connectivity index (χ1) is 16.6. The first kappa shape index (κ1) is 27.9. The Morgan fingerprint density at radius 1 is 1.17 bits per heavy atom. The molecule has 1 aromatic rings. The van der Waals surface area contributed by atoms with Crippen LogP contribution in [0, 0.1) is 5.41 Å². The fourth-order valence-corrected chi connectivity index (χ4v) is 4.98. The molecule has 2 aliphatic rings. The lowest BCUT2D eigenvalue weighted by molar-refractivity contribution is -0.0399. The Kier molecular flexibility index (Phi) is 9.60. The maximum Gasteiger partial charge on any atom is 0.410 e. The number of likely N-dealkylation sites (N-methyl/N-ethyl adjacent to an activating group) is 2. The third-order valence-corrected chi connectivity index (χ3v) is 7.36. The van der Waals surface area contributed by atoms with Gasteiger partial charge in [0.25, 0.3) is 0 Å². The highest BCUT2D eigenvalue weighted by Gasteiger charge is 2.36. The number of hydrogen-bond donors (Lipinski definition) is 2. The van der Waals surface area contributed by atoms with E-state index in [1.54, 1.807) is 11.9 Å². The van der Waals surface area contributed by atoms with Crippen LogP contribution < -0.4 is 0 Å². The van der Waals surface area contributed by atoms with Crippen LogP contribution in [0.3, 0.4) is 0 Å². The van der Waals surface area contributed by atoms with E-state index in [0.717, 1.165) is 63.8 Å². The summed E-state index contributed by atoms with van der Waals surface area (Å²) in [6.07, 6.45) is 8.43. The van der Waals surface area contributed by atoms with Crippen molar-refractivity contribution < 1.29 is 24.5 Å². The third kappa shape index (κ3) is 7.65. The van der Waals surface area contributed by atoms with Gasteiger partial charge >= 0.3 is 6.09 Å². The SMILES string of the molecule is CN(CCN(C)C(=O)OC(C)(C)C)Cc1cn(C2CCCCO2)nc1C1CCC(CO)(CO)CC1. The molecule has 0 aromatic carbocycles. The molecule has 2 heterocycles. The predicted molar refractivity (Wildman–Crippen MR) is 134 cm³/mol. The zero-order valence-corrected chi connectivity index (χ0v) is 22.3. The minimum atomic E-state index is -0.508. The Bertz CT molecular complexity index is 801. The van der Waals surface area contributed by atoms with Crippen molar-refractivity contribution in [3.05, 3.63) is 17.5 Å². The molecule has 9 nitrogen and oxygen atoms in total. The maximum absolute atomic E-state index is 12.3. The number of carbonyl (C=O) groups excluding carboxylic acids is 1. The van der Waals surface area contributed by atoms with Crippen LogP contribution in [0.5, 0.6) is 0 Å². The lowest BCUT2D eigenvalue weighted by Gasteiger charge is -2.37. The Morgan fingerprint density at radius 2 is 1.86 bits per heavy atom. The van der Waals surface area contributed by atoms with Crippen molar-refractivity contribution in [2.45, 2.75) is 90.0 Å². The molecule has 1 amide bonds. The zero-order chi connectivity index (χ0) is 25.6. The van der Waals surface area contributed by atoms with E-state index < -0.39 is 5.60 Å². The topological polar surface area (TPSA) is 100 Å². The summed E-state index contributed by atoms with van der Waals surface area (Å²) in [6, 6.07) is 0. The number of aromatic nitrogens is 2. The van der Waals surface area contributed by atoms with Crippen LogP contribution >= 0.6 is 0 Å². The lowest BCUT2D eigenvalue weighted by Crippen LogP contribution is -2.38. The fourth-order valence-electron chi connectivity index (χ4n) is 4.98. The summed E-state index contributed by atoms with van der Waals surface area (Å²) in [6.45, 7) is 8.45. The van der Waals surface area contributed by atoms with E-state index in [4.69, 9.17) is 14.6 Å².